The number of rotatable bonds is 8. The van der Waals surface area contributed by atoms with Gasteiger partial charge in [-0.2, -0.15) is 0 Å². The van der Waals surface area contributed by atoms with Crippen LogP contribution < -0.4 is 5.73 Å². The van der Waals surface area contributed by atoms with Crippen molar-refractivity contribution in [1.82, 2.24) is 0 Å². The van der Waals surface area contributed by atoms with Crippen LogP contribution in [0.4, 0.5) is 0 Å². The second kappa shape index (κ2) is 7.17. The highest BCUT2D eigenvalue weighted by molar-refractivity contribution is 5.82. The van der Waals surface area contributed by atoms with Gasteiger partial charge in [0.25, 0.3) is 0 Å². The van der Waals surface area contributed by atoms with Crippen molar-refractivity contribution in [1.29, 1.82) is 5.41 Å². The zero-order chi connectivity index (χ0) is 13.4. The third-order valence-corrected chi connectivity index (χ3v) is 3.20. The first-order chi connectivity index (χ1) is 8.52. The van der Waals surface area contributed by atoms with Crippen molar-refractivity contribution in [2.24, 2.45) is 11.1 Å². The second-order valence-corrected chi connectivity index (χ2v) is 5.25. The molecule has 0 aliphatic heterocycles. The number of aryl methyl sites for hydroxylation is 1. The Labute approximate surface area is 110 Å². The quantitative estimate of drug-likeness (QED) is 0.422. The van der Waals surface area contributed by atoms with Gasteiger partial charge in [0.1, 0.15) is 0 Å². The number of hydrogen-bond acceptors (Lipinski definition) is 2. The fraction of sp³-hybridized carbons (Fsp3) is 0.533. The van der Waals surface area contributed by atoms with E-state index in [4.69, 9.17) is 15.9 Å². The predicted molar refractivity (Wildman–Crippen MR) is 75.9 cm³/mol. The van der Waals surface area contributed by atoms with Gasteiger partial charge >= 0.3 is 0 Å². The monoisotopic (exact) mass is 248 g/mol. The molecule has 0 fully saturated rings. The lowest BCUT2D eigenvalue weighted by Crippen LogP contribution is -2.31. The van der Waals surface area contributed by atoms with E-state index in [-0.39, 0.29) is 11.3 Å². The van der Waals surface area contributed by atoms with Crippen molar-refractivity contribution >= 4 is 5.84 Å². The number of amidine groups is 1. The van der Waals surface area contributed by atoms with E-state index in [1.807, 2.05) is 19.9 Å². The molecular formula is C15H24N2O. The summed E-state index contributed by atoms with van der Waals surface area (Å²) in [6, 6.07) is 10.4. The lowest BCUT2D eigenvalue weighted by atomic mass is 9.88. The topological polar surface area (TPSA) is 59.1 Å². The van der Waals surface area contributed by atoms with Gasteiger partial charge in [-0.15, -0.1) is 0 Å². The minimum atomic E-state index is -0.251. The van der Waals surface area contributed by atoms with E-state index in [1.54, 1.807) is 0 Å². The first-order valence-corrected chi connectivity index (χ1v) is 6.48. The van der Waals surface area contributed by atoms with Crippen LogP contribution in [-0.2, 0) is 11.2 Å². The third-order valence-electron chi connectivity index (χ3n) is 3.20. The summed E-state index contributed by atoms with van der Waals surface area (Å²) in [5, 5.41) is 7.45. The van der Waals surface area contributed by atoms with Crippen LogP contribution in [0, 0.1) is 10.8 Å². The zero-order valence-electron chi connectivity index (χ0n) is 11.4. The molecule has 0 aliphatic carbocycles. The maximum atomic E-state index is 7.45. The maximum Gasteiger partial charge on any atom is 0.0963 e. The van der Waals surface area contributed by atoms with Gasteiger partial charge in [0, 0.05) is 18.6 Å². The molecule has 0 heterocycles. The summed E-state index contributed by atoms with van der Waals surface area (Å²) in [4.78, 5) is 0. The van der Waals surface area contributed by atoms with E-state index in [1.165, 1.54) is 5.56 Å². The van der Waals surface area contributed by atoms with Gasteiger partial charge in [-0.3, -0.25) is 5.41 Å². The van der Waals surface area contributed by atoms with Crippen molar-refractivity contribution in [3.8, 4) is 0 Å². The average molecular weight is 248 g/mol. The summed E-state index contributed by atoms with van der Waals surface area (Å²) < 4.78 is 5.59. The molecule has 100 valence electrons. The van der Waals surface area contributed by atoms with Crippen LogP contribution in [0.3, 0.4) is 0 Å². The van der Waals surface area contributed by atoms with Gasteiger partial charge in [-0.25, -0.2) is 0 Å². The molecule has 0 aromatic heterocycles. The lowest BCUT2D eigenvalue weighted by molar-refractivity contribution is 0.114. The van der Waals surface area contributed by atoms with Crippen LogP contribution in [0.2, 0.25) is 0 Å². The molecule has 0 amide bonds. The Morgan fingerprint density at radius 2 is 1.89 bits per heavy atom. The highest BCUT2D eigenvalue weighted by atomic mass is 16.5. The summed E-state index contributed by atoms with van der Waals surface area (Å²) in [7, 11) is 0. The molecule has 0 bridgehead atoms. The third kappa shape index (κ3) is 5.32. The normalized spacial score (nSPS) is 11.4. The summed E-state index contributed by atoms with van der Waals surface area (Å²) >= 11 is 0. The zero-order valence-corrected chi connectivity index (χ0v) is 11.4. The van der Waals surface area contributed by atoms with E-state index in [9.17, 15) is 0 Å². The summed E-state index contributed by atoms with van der Waals surface area (Å²) in [6.45, 7) is 5.38. The van der Waals surface area contributed by atoms with Gasteiger partial charge < -0.3 is 10.5 Å². The molecule has 1 aromatic rings. The predicted octanol–water partition coefficient (Wildman–Crippen LogP) is 2.99. The lowest BCUT2D eigenvalue weighted by Gasteiger charge is -2.22. The number of ether oxygens (including phenoxy) is 1. The number of nitrogens with one attached hydrogen (secondary N) is 1. The largest absolute Gasteiger partial charge is 0.387 e. The molecule has 1 rings (SSSR count). The van der Waals surface area contributed by atoms with E-state index >= 15 is 0 Å². The fourth-order valence-corrected chi connectivity index (χ4v) is 1.59. The first kappa shape index (κ1) is 14.7. The van der Waals surface area contributed by atoms with Gasteiger partial charge in [-0.05, 0) is 24.8 Å². The molecule has 3 N–H and O–H groups in total. The number of benzene rings is 1. The van der Waals surface area contributed by atoms with Crippen LogP contribution in [0.15, 0.2) is 30.3 Å². The SMILES string of the molecule is CC(C)(CCOCCCc1ccccc1)C(=N)N. The molecule has 0 atom stereocenters. The Balaban J connectivity index is 2.08. The highest BCUT2D eigenvalue weighted by Gasteiger charge is 2.20. The summed E-state index contributed by atoms with van der Waals surface area (Å²) in [5.74, 6) is 0.232. The van der Waals surface area contributed by atoms with Crippen LogP contribution in [0.5, 0.6) is 0 Å². The van der Waals surface area contributed by atoms with Crippen molar-refractivity contribution < 1.29 is 4.74 Å². The van der Waals surface area contributed by atoms with Crippen molar-refractivity contribution in [3.05, 3.63) is 35.9 Å². The van der Waals surface area contributed by atoms with Crippen LogP contribution in [0.1, 0.15) is 32.3 Å². The van der Waals surface area contributed by atoms with Crippen molar-refractivity contribution in [2.45, 2.75) is 33.1 Å². The molecule has 18 heavy (non-hydrogen) atoms. The second-order valence-electron chi connectivity index (χ2n) is 5.25. The van der Waals surface area contributed by atoms with Crippen LogP contribution in [0.25, 0.3) is 0 Å². The molecule has 0 unspecified atom stereocenters. The van der Waals surface area contributed by atoms with Gasteiger partial charge in [-0.1, -0.05) is 44.2 Å². The van der Waals surface area contributed by atoms with E-state index in [0.717, 1.165) is 25.9 Å². The Morgan fingerprint density at radius 1 is 1.22 bits per heavy atom. The minimum Gasteiger partial charge on any atom is -0.387 e. The molecule has 1 aromatic carbocycles. The average Bonchev–Trinajstić information content (AvgIpc) is 2.34. The highest BCUT2D eigenvalue weighted by Crippen LogP contribution is 2.19. The molecule has 0 spiro atoms. The first-order valence-electron chi connectivity index (χ1n) is 6.48. The minimum absolute atomic E-state index is 0.232. The fourth-order valence-electron chi connectivity index (χ4n) is 1.59. The van der Waals surface area contributed by atoms with Crippen LogP contribution >= 0.6 is 0 Å². The van der Waals surface area contributed by atoms with Crippen molar-refractivity contribution in [3.63, 3.8) is 0 Å². The maximum absolute atomic E-state index is 7.45. The number of hydrogen-bond donors (Lipinski definition) is 2. The molecule has 0 aliphatic rings. The summed E-state index contributed by atoms with van der Waals surface area (Å²) in [5.41, 5.74) is 6.62. The van der Waals surface area contributed by atoms with Crippen molar-refractivity contribution in [2.75, 3.05) is 13.2 Å². The summed E-state index contributed by atoms with van der Waals surface area (Å²) in [6.07, 6.45) is 2.88. The standard InChI is InChI=1S/C15H24N2O/c1-15(2,14(16)17)10-12-18-11-6-9-13-7-4-3-5-8-13/h3-5,7-8H,6,9-12H2,1-2H3,(H3,16,17). The molecule has 3 nitrogen and oxygen atoms in total. The molecule has 0 radical (unpaired) electrons. The van der Waals surface area contributed by atoms with E-state index in [0.29, 0.717) is 6.61 Å². The Kier molecular flexibility index (Phi) is 5.86. The smallest absolute Gasteiger partial charge is 0.0963 e. The Bertz CT molecular complexity index is 360. The molecule has 0 saturated heterocycles. The number of nitrogens with two attached hydrogens (primary N) is 1. The van der Waals surface area contributed by atoms with E-state index < -0.39 is 0 Å². The van der Waals surface area contributed by atoms with Gasteiger partial charge in [0.05, 0.1) is 5.84 Å². The van der Waals surface area contributed by atoms with Gasteiger partial charge in [0.2, 0.25) is 0 Å². The van der Waals surface area contributed by atoms with Gasteiger partial charge in [0.15, 0.2) is 0 Å². The molecule has 3 heteroatoms. The Morgan fingerprint density at radius 3 is 2.50 bits per heavy atom. The van der Waals surface area contributed by atoms with E-state index in [2.05, 4.69) is 24.3 Å². The molecular weight excluding hydrogens is 224 g/mol. The Hall–Kier alpha value is -1.35. The molecule has 0 saturated carbocycles. The van der Waals surface area contributed by atoms with Crippen LogP contribution in [-0.4, -0.2) is 19.0 Å².